The number of para-hydroxylation sites is 1. The zero-order valence-electron chi connectivity index (χ0n) is 14.7. The van der Waals surface area contributed by atoms with Crippen molar-refractivity contribution in [1.29, 1.82) is 0 Å². The van der Waals surface area contributed by atoms with E-state index in [1.54, 1.807) is 11.3 Å². The molecule has 0 saturated heterocycles. The maximum Gasteiger partial charge on any atom is 0.271 e. The Labute approximate surface area is 151 Å². The van der Waals surface area contributed by atoms with Crippen molar-refractivity contribution in [2.24, 2.45) is 0 Å². The standard InChI is InChI=1S/C19H22N4OS/c1-4-8-18-22-17(12-25-18)19(24)21-13(2)16-11-20-23(14(16)3)15-9-6-5-7-10-15/h5-7,9-13H,4,8H2,1-3H3,(H,21,24). The van der Waals surface area contributed by atoms with Crippen molar-refractivity contribution in [1.82, 2.24) is 20.1 Å². The van der Waals surface area contributed by atoms with E-state index in [-0.39, 0.29) is 11.9 Å². The Bertz CT molecular complexity index is 853. The molecule has 3 aromatic rings. The first kappa shape index (κ1) is 17.4. The third-order valence-electron chi connectivity index (χ3n) is 4.11. The van der Waals surface area contributed by atoms with Crippen LogP contribution >= 0.6 is 11.3 Å². The number of aromatic nitrogens is 3. The lowest BCUT2D eigenvalue weighted by Gasteiger charge is -2.13. The molecular weight excluding hydrogens is 332 g/mol. The van der Waals surface area contributed by atoms with Crippen molar-refractivity contribution < 1.29 is 4.79 Å². The van der Waals surface area contributed by atoms with Gasteiger partial charge in [-0.2, -0.15) is 5.10 Å². The van der Waals surface area contributed by atoms with E-state index in [0.717, 1.165) is 34.8 Å². The number of amides is 1. The summed E-state index contributed by atoms with van der Waals surface area (Å²) in [5, 5.41) is 10.3. The number of hydrogen-bond acceptors (Lipinski definition) is 4. The zero-order chi connectivity index (χ0) is 17.8. The lowest BCUT2D eigenvalue weighted by atomic mass is 10.1. The van der Waals surface area contributed by atoms with Gasteiger partial charge in [0.2, 0.25) is 0 Å². The summed E-state index contributed by atoms with van der Waals surface area (Å²) in [6.45, 7) is 6.09. The molecule has 0 aliphatic carbocycles. The number of hydrogen-bond donors (Lipinski definition) is 1. The van der Waals surface area contributed by atoms with Crippen LogP contribution in [0.1, 0.15) is 53.1 Å². The molecule has 25 heavy (non-hydrogen) atoms. The molecular formula is C19H22N4OS. The second-order valence-electron chi connectivity index (χ2n) is 6.00. The summed E-state index contributed by atoms with van der Waals surface area (Å²) < 4.78 is 1.89. The van der Waals surface area contributed by atoms with Crippen molar-refractivity contribution in [3.8, 4) is 5.69 Å². The minimum atomic E-state index is -0.141. The highest BCUT2D eigenvalue weighted by atomic mass is 32.1. The van der Waals surface area contributed by atoms with E-state index in [1.165, 1.54) is 0 Å². The van der Waals surface area contributed by atoms with Crippen LogP contribution in [-0.4, -0.2) is 20.7 Å². The third-order valence-corrected chi connectivity index (χ3v) is 5.02. The van der Waals surface area contributed by atoms with Gasteiger partial charge >= 0.3 is 0 Å². The molecule has 0 aliphatic rings. The number of nitrogens with zero attached hydrogens (tertiary/aromatic N) is 3. The molecule has 1 atom stereocenters. The van der Waals surface area contributed by atoms with Gasteiger partial charge in [0, 0.05) is 16.6 Å². The molecule has 2 aromatic heterocycles. The number of benzene rings is 1. The Morgan fingerprint density at radius 2 is 2.08 bits per heavy atom. The van der Waals surface area contributed by atoms with Crippen LogP contribution in [0.2, 0.25) is 0 Å². The predicted molar refractivity (Wildman–Crippen MR) is 100 cm³/mol. The Kier molecular flexibility index (Phi) is 5.28. The summed E-state index contributed by atoms with van der Waals surface area (Å²) in [7, 11) is 0. The number of rotatable bonds is 6. The van der Waals surface area contributed by atoms with Crippen LogP contribution in [0.5, 0.6) is 0 Å². The van der Waals surface area contributed by atoms with Crippen LogP contribution in [0.25, 0.3) is 5.69 Å². The lowest BCUT2D eigenvalue weighted by molar-refractivity contribution is 0.0935. The van der Waals surface area contributed by atoms with Gasteiger partial charge in [-0.05, 0) is 38.8 Å². The number of aryl methyl sites for hydroxylation is 1. The second kappa shape index (κ2) is 7.61. The second-order valence-corrected chi connectivity index (χ2v) is 6.95. The SMILES string of the molecule is CCCc1nc(C(=O)NC(C)c2cnn(-c3ccccc3)c2C)cs1. The van der Waals surface area contributed by atoms with Crippen molar-refractivity contribution in [2.75, 3.05) is 0 Å². The van der Waals surface area contributed by atoms with E-state index in [4.69, 9.17) is 0 Å². The van der Waals surface area contributed by atoms with E-state index >= 15 is 0 Å². The normalized spacial score (nSPS) is 12.1. The van der Waals surface area contributed by atoms with Gasteiger partial charge in [-0.3, -0.25) is 4.79 Å². The molecule has 1 amide bonds. The molecule has 1 aromatic carbocycles. The van der Waals surface area contributed by atoms with E-state index in [0.29, 0.717) is 5.69 Å². The topological polar surface area (TPSA) is 59.8 Å². The van der Waals surface area contributed by atoms with Crippen molar-refractivity contribution >= 4 is 17.2 Å². The lowest BCUT2D eigenvalue weighted by Crippen LogP contribution is -2.27. The average molecular weight is 354 g/mol. The van der Waals surface area contributed by atoms with Crippen LogP contribution in [0.4, 0.5) is 0 Å². The van der Waals surface area contributed by atoms with E-state index < -0.39 is 0 Å². The maximum atomic E-state index is 12.4. The third kappa shape index (κ3) is 3.79. The maximum absolute atomic E-state index is 12.4. The molecule has 5 nitrogen and oxygen atoms in total. The van der Waals surface area contributed by atoms with Gasteiger partial charge < -0.3 is 5.32 Å². The molecule has 0 aliphatic heterocycles. The van der Waals surface area contributed by atoms with Gasteiger partial charge in [-0.15, -0.1) is 11.3 Å². The number of carbonyl (C=O) groups excluding carboxylic acids is 1. The number of carbonyl (C=O) groups is 1. The first-order valence-electron chi connectivity index (χ1n) is 8.45. The van der Waals surface area contributed by atoms with Crippen molar-refractivity contribution in [3.05, 3.63) is 63.9 Å². The Balaban J connectivity index is 1.74. The van der Waals surface area contributed by atoms with Crippen LogP contribution < -0.4 is 5.32 Å². The molecule has 0 saturated carbocycles. The van der Waals surface area contributed by atoms with E-state index in [1.807, 2.05) is 60.4 Å². The van der Waals surface area contributed by atoms with Crippen molar-refractivity contribution in [2.45, 2.75) is 39.7 Å². The van der Waals surface area contributed by atoms with E-state index in [9.17, 15) is 4.79 Å². The molecule has 3 rings (SSSR count). The minimum Gasteiger partial charge on any atom is -0.344 e. The van der Waals surface area contributed by atoms with Crippen LogP contribution in [0.3, 0.4) is 0 Å². The highest BCUT2D eigenvalue weighted by molar-refractivity contribution is 7.09. The molecule has 0 fully saturated rings. The Hall–Kier alpha value is -2.47. The molecule has 0 bridgehead atoms. The smallest absolute Gasteiger partial charge is 0.271 e. The molecule has 0 spiro atoms. The molecule has 0 radical (unpaired) electrons. The molecule has 130 valence electrons. The predicted octanol–water partition coefficient (Wildman–Crippen LogP) is 4.08. The van der Waals surface area contributed by atoms with Crippen LogP contribution in [0, 0.1) is 6.92 Å². The summed E-state index contributed by atoms with van der Waals surface area (Å²) in [5.74, 6) is -0.141. The van der Waals surface area contributed by atoms with Crippen molar-refractivity contribution in [3.63, 3.8) is 0 Å². The summed E-state index contributed by atoms with van der Waals surface area (Å²) in [6, 6.07) is 9.83. The molecule has 6 heteroatoms. The van der Waals surface area contributed by atoms with Gasteiger partial charge in [0.1, 0.15) is 5.69 Å². The van der Waals surface area contributed by atoms with Gasteiger partial charge in [-0.1, -0.05) is 25.1 Å². The van der Waals surface area contributed by atoms with Gasteiger partial charge in [0.15, 0.2) is 0 Å². The highest BCUT2D eigenvalue weighted by Crippen LogP contribution is 2.21. The summed E-state index contributed by atoms with van der Waals surface area (Å²) in [5.41, 5.74) is 3.52. The van der Waals surface area contributed by atoms with Gasteiger partial charge in [-0.25, -0.2) is 9.67 Å². The summed E-state index contributed by atoms with van der Waals surface area (Å²) in [4.78, 5) is 16.8. The molecule has 2 heterocycles. The first-order valence-corrected chi connectivity index (χ1v) is 9.33. The monoisotopic (exact) mass is 354 g/mol. The first-order chi connectivity index (χ1) is 12.1. The fraction of sp³-hybridized carbons (Fsp3) is 0.316. The molecule has 1 N–H and O–H groups in total. The minimum absolute atomic E-state index is 0.138. The number of thiazole rings is 1. The Morgan fingerprint density at radius 1 is 1.32 bits per heavy atom. The fourth-order valence-corrected chi connectivity index (χ4v) is 3.65. The quantitative estimate of drug-likeness (QED) is 0.725. The largest absolute Gasteiger partial charge is 0.344 e. The highest BCUT2D eigenvalue weighted by Gasteiger charge is 2.18. The number of nitrogens with one attached hydrogen (secondary N) is 1. The summed E-state index contributed by atoms with van der Waals surface area (Å²) >= 11 is 1.54. The summed E-state index contributed by atoms with van der Waals surface area (Å²) in [6.07, 6.45) is 3.76. The molecule has 1 unspecified atom stereocenters. The van der Waals surface area contributed by atoms with Crippen LogP contribution in [0.15, 0.2) is 41.9 Å². The average Bonchev–Trinajstić information content (AvgIpc) is 3.23. The van der Waals surface area contributed by atoms with Gasteiger partial charge in [0.25, 0.3) is 5.91 Å². The zero-order valence-corrected chi connectivity index (χ0v) is 15.5. The fourth-order valence-electron chi connectivity index (χ4n) is 2.77. The van der Waals surface area contributed by atoms with E-state index in [2.05, 4.69) is 22.3 Å². The Morgan fingerprint density at radius 3 is 2.80 bits per heavy atom. The van der Waals surface area contributed by atoms with Crippen LogP contribution in [-0.2, 0) is 6.42 Å². The van der Waals surface area contributed by atoms with Gasteiger partial charge in [0.05, 0.1) is 22.9 Å².